The Balaban J connectivity index is 0.00000242. The number of hydrogen-bond acceptors (Lipinski definition) is 3. The summed E-state index contributed by atoms with van der Waals surface area (Å²) in [7, 11) is 1.88. The van der Waals surface area contributed by atoms with E-state index in [4.69, 9.17) is 5.73 Å². The van der Waals surface area contributed by atoms with Crippen molar-refractivity contribution in [1.82, 2.24) is 15.1 Å². The normalized spacial score (nSPS) is 13.0. The summed E-state index contributed by atoms with van der Waals surface area (Å²) in [5, 5.41) is 7.04. The first-order valence-electron chi connectivity index (χ1n) is 7.13. The van der Waals surface area contributed by atoms with Gasteiger partial charge in [-0.3, -0.25) is 9.48 Å². The van der Waals surface area contributed by atoms with Gasteiger partial charge in [0.05, 0.1) is 12.1 Å². The third-order valence-corrected chi connectivity index (χ3v) is 3.61. The summed E-state index contributed by atoms with van der Waals surface area (Å²) >= 11 is 0. The van der Waals surface area contributed by atoms with E-state index in [0.29, 0.717) is 6.54 Å². The lowest BCUT2D eigenvalue weighted by Crippen LogP contribution is -2.36. The maximum Gasteiger partial charge on any atom is 0.224 e. The van der Waals surface area contributed by atoms with E-state index in [1.54, 1.807) is 4.68 Å². The highest BCUT2D eigenvalue weighted by Gasteiger charge is 2.21. The van der Waals surface area contributed by atoms with E-state index in [-0.39, 0.29) is 30.3 Å². The van der Waals surface area contributed by atoms with Gasteiger partial charge in [-0.05, 0) is 17.5 Å². The zero-order chi connectivity index (χ0) is 15.2. The minimum absolute atomic E-state index is 0. The van der Waals surface area contributed by atoms with Crippen molar-refractivity contribution in [3.63, 3.8) is 0 Å². The van der Waals surface area contributed by atoms with Gasteiger partial charge in [-0.1, -0.05) is 37.3 Å². The molecule has 0 spiro atoms. The molecule has 0 aliphatic heterocycles. The SMILES string of the molecule is CC(C(=O)NCCc1cnn(C)c1)C(N)c1ccccc1.Cl. The average molecular weight is 323 g/mol. The van der Waals surface area contributed by atoms with Gasteiger partial charge in [0.2, 0.25) is 5.91 Å². The number of nitrogens with two attached hydrogens (primary N) is 1. The summed E-state index contributed by atoms with van der Waals surface area (Å²) in [6.45, 7) is 2.45. The van der Waals surface area contributed by atoms with E-state index >= 15 is 0 Å². The molecule has 0 fully saturated rings. The Labute approximate surface area is 137 Å². The third kappa shape index (κ3) is 4.86. The standard InChI is InChI=1S/C16H22N4O.ClH/c1-12(15(17)14-6-4-3-5-7-14)16(21)18-9-8-13-10-19-20(2)11-13;/h3-7,10-12,15H,8-9,17H2,1-2H3,(H,18,21);1H. The number of hydrogen-bond donors (Lipinski definition) is 2. The van der Waals surface area contributed by atoms with Gasteiger partial charge in [-0.2, -0.15) is 5.10 Å². The van der Waals surface area contributed by atoms with Crippen LogP contribution in [0.2, 0.25) is 0 Å². The molecule has 2 unspecified atom stereocenters. The summed E-state index contributed by atoms with van der Waals surface area (Å²) < 4.78 is 1.76. The maximum atomic E-state index is 12.1. The van der Waals surface area contributed by atoms with Gasteiger partial charge in [-0.15, -0.1) is 12.4 Å². The molecule has 2 aromatic rings. The van der Waals surface area contributed by atoms with Crippen LogP contribution in [0, 0.1) is 5.92 Å². The monoisotopic (exact) mass is 322 g/mol. The Hall–Kier alpha value is -1.85. The van der Waals surface area contributed by atoms with E-state index in [1.807, 2.05) is 56.7 Å². The van der Waals surface area contributed by atoms with Crippen molar-refractivity contribution < 1.29 is 4.79 Å². The van der Waals surface area contributed by atoms with Gasteiger partial charge < -0.3 is 11.1 Å². The first-order chi connectivity index (χ1) is 10.1. The molecule has 22 heavy (non-hydrogen) atoms. The second kappa shape index (κ2) is 8.56. The molecular weight excluding hydrogens is 300 g/mol. The number of carbonyl (C=O) groups is 1. The Morgan fingerprint density at radius 2 is 2.05 bits per heavy atom. The lowest BCUT2D eigenvalue weighted by molar-refractivity contribution is -0.125. The summed E-state index contributed by atoms with van der Waals surface area (Å²) in [5.74, 6) is -0.281. The second-order valence-corrected chi connectivity index (χ2v) is 5.29. The fraction of sp³-hybridized carbons (Fsp3) is 0.375. The van der Waals surface area contributed by atoms with Gasteiger partial charge in [-0.25, -0.2) is 0 Å². The van der Waals surface area contributed by atoms with Crippen molar-refractivity contribution in [2.45, 2.75) is 19.4 Å². The highest BCUT2D eigenvalue weighted by atomic mass is 35.5. The van der Waals surface area contributed by atoms with Gasteiger partial charge in [0.15, 0.2) is 0 Å². The van der Waals surface area contributed by atoms with Crippen molar-refractivity contribution in [2.75, 3.05) is 6.54 Å². The maximum absolute atomic E-state index is 12.1. The fourth-order valence-electron chi connectivity index (χ4n) is 2.22. The summed E-state index contributed by atoms with van der Waals surface area (Å²) in [6.07, 6.45) is 4.53. The van der Waals surface area contributed by atoms with E-state index in [0.717, 1.165) is 17.5 Å². The molecule has 0 bridgehead atoms. The summed E-state index contributed by atoms with van der Waals surface area (Å²) in [6, 6.07) is 9.41. The summed E-state index contributed by atoms with van der Waals surface area (Å²) in [4.78, 5) is 12.1. The zero-order valence-corrected chi connectivity index (χ0v) is 13.7. The molecule has 0 saturated carbocycles. The van der Waals surface area contributed by atoms with Crippen molar-refractivity contribution in [3.8, 4) is 0 Å². The first kappa shape index (κ1) is 18.2. The fourth-order valence-corrected chi connectivity index (χ4v) is 2.22. The molecule has 2 atom stereocenters. The van der Waals surface area contributed by atoms with Crippen LogP contribution in [0.1, 0.15) is 24.1 Å². The highest BCUT2D eigenvalue weighted by molar-refractivity contribution is 5.85. The van der Waals surface area contributed by atoms with Crippen molar-refractivity contribution in [2.24, 2.45) is 18.7 Å². The number of benzene rings is 1. The zero-order valence-electron chi connectivity index (χ0n) is 12.9. The summed E-state index contributed by atoms with van der Waals surface area (Å²) in [5.41, 5.74) is 8.24. The Morgan fingerprint density at radius 3 is 2.64 bits per heavy atom. The van der Waals surface area contributed by atoms with Crippen LogP contribution in [-0.4, -0.2) is 22.2 Å². The van der Waals surface area contributed by atoms with Crippen molar-refractivity contribution >= 4 is 18.3 Å². The predicted molar refractivity (Wildman–Crippen MR) is 89.7 cm³/mol. The van der Waals surface area contributed by atoms with E-state index in [2.05, 4.69) is 10.4 Å². The molecule has 1 heterocycles. The molecule has 6 heteroatoms. The minimum Gasteiger partial charge on any atom is -0.355 e. The molecule has 0 saturated heterocycles. The largest absolute Gasteiger partial charge is 0.355 e. The van der Waals surface area contributed by atoms with Crippen LogP contribution in [-0.2, 0) is 18.3 Å². The molecule has 120 valence electrons. The molecule has 5 nitrogen and oxygen atoms in total. The molecule has 2 rings (SSSR count). The van der Waals surface area contributed by atoms with Gasteiger partial charge >= 0.3 is 0 Å². The number of carbonyl (C=O) groups excluding carboxylic acids is 1. The Kier molecular flexibility index (Phi) is 7.08. The molecule has 3 N–H and O–H groups in total. The lowest BCUT2D eigenvalue weighted by Gasteiger charge is -2.19. The average Bonchev–Trinajstić information content (AvgIpc) is 2.92. The van der Waals surface area contributed by atoms with Crippen molar-refractivity contribution in [1.29, 1.82) is 0 Å². The van der Waals surface area contributed by atoms with E-state index in [1.165, 1.54) is 0 Å². The number of rotatable bonds is 6. The van der Waals surface area contributed by atoms with Gasteiger partial charge in [0.25, 0.3) is 0 Å². The number of amides is 1. The molecule has 0 radical (unpaired) electrons. The van der Waals surface area contributed by atoms with Gasteiger partial charge in [0, 0.05) is 25.8 Å². The Morgan fingerprint density at radius 1 is 1.36 bits per heavy atom. The Bertz CT molecular complexity index is 585. The van der Waals surface area contributed by atoms with E-state index < -0.39 is 0 Å². The number of aromatic nitrogens is 2. The predicted octanol–water partition coefficient (Wildman–Crippen LogP) is 1.84. The highest BCUT2D eigenvalue weighted by Crippen LogP contribution is 2.18. The molecular formula is C16H23ClN4O. The van der Waals surface area contributed by atoms with E-state index in [9.17, 15) is 4.79 Å². The van der Waals surface area contributed by atoms with Crippen LogP contribution in [0.25, 0.3) is 0 Å². The lowest BCUT2D eigenvalue weighted by atomic mass is 9.94. The van der Waals surface area contributed by atoms with Crippen LogP contribution in [0.3, 0.4) is 0 Å². The molecule has 0 aliphatic carbocycles. The van der Waals surface area contributed by atoms with Crippen LogP contribution in [0.4, 0.5) is 0 Å². The molecule has 0 aliphatic rings. The van der Waals surface area contributed by atoms with Gasteiger partial charge in [0.1, 0.15) is 0 Å². The number of aryl methyl sites for hydroxylation is 1. The van der Waals surface area contributed by atoms with Crippen LogP contribution in [0.5, 0.6) is 0 Å². The van der Waals surface area contributed by atoms with Crippen LogP contribution in [0.15, 0.2) is 42.7 Å². The third-order valence-electron chi connectivity index (χ3n) is 3.61. The quantitative estimate of drug-likeness (QED) is 0.852. The van der Waals surface area contributed by atoms with Crippen LogP contribution < -0.4 is 11.1 Å². The van der Waals surface area contributed by atoms with Crippen LogP contribution >= 0.6 is 12.4 Å². The topological polar surface area (TPSA) is 72.9 Å². The number of halogens is 1. The first-order valence-corrected chi connectivity index (χ1v) is 7.13. The number of nitrogens with zero attached hydrogens (tertiary/aromatic N) is 2. The number of nitrogens with one attached hydrogen (secondary N) is 1. The molecule has 1 aromatic heterocycles. The molecule has 1 amide bonds. The molecule has 1 aromatic carbocycles. The minimum atomic E-state index is -0.287. The second-order valence-electron chi connectivity index (χ2n) is 5.29. The smallest absolute Gasteiger partial charge is 0.224 e. The van der Waals surface area contributed by atoms with Crippen molar-refractivity contribution in [3.05, 3.63) is 53.9 Å².